The standard InChI is InChI=1S/C18H16BrNO/c1-18(21,12-13-4-7-16(19)8-5-13)15-6-9-17-14(11-15)3-2-10-20-17/h2-11,21H,12H2,1H3. The molecule has 1 aromatic heterocycles. The van der Waals surface area contributed by atoms with Gasteiger partial charge in [0.05, 0.1) is 11.1 Å². The summed E-state index contributed by atoms with van der Waals surface area (Å²) >= 11 is 3.43. The van der Waals surface area contributed by atoms with Crippen molar-refractivity contribution in [3.63, 3.8) is 0 Å². The van der Waals surface area contributed by atoms with Crippen LogP contribution in [-0.4, -0.2) is 10.1 Å². The van der Waals surface area contributed by atoms with Crippen molar-refractivity contribution >= 4 is 26.8 Å². The lowest BCUT2D eigenvalue weighted by Gasteiger charge is -2.24. The lowest BCUT2D eigenvalue weighted by atomic mass is 9.88. The molecule has 2 aromatic carbocycles. The molecule has 3 aromatic rings. The van der Waals surface area contributed by atoms with Gasteiger partial charge in [-0.15, -0.1) is 0 Å². The van der Waals surface area contributed by atoms with Gasteiger partial charge in [-0.2, -0.15) is 0 Å². The fourth-order valence-corrected chi connectivity index (χ4v) is 2.78. The molecule has 0 spiro atoms. The molecule has 1 atom stereocenters. The van der Waals surface area contributed by atoms with Crippen LogP contribution in [0, 0.1) is 0 Å². The van der Waals surface area contributed by atoms with Crippen LogP contribution in [0.1, 0.15) is 18.1 Å². The molecule has 3 heteroatoms. The van der Waals surface area contributed by atoms with Crippen LogP contribution in [0.5, 0.6) is 0 Å². The average Bonchev–Trinajstić information content (AvgIpc) is 2.49. The molecule has 0 aliphatic rings. The molecule has 3 rings (SSSR count). The van der Waals surface area contributed by atoms with Gasteiger partial charge >= 0.3 is 0 Å². The summed E-state index contributed by atoms with van der Waals surface area (Å²) in [6, 6.07) is 17.9. The van der Waals surface area contributed by atoms with Crippen LogP contribution in [0.15, 0.2) is 65.3 Å². The van der Waals surface area contributed by atoms with Crippen molar-refractivity contribution in [1.82, 2.24) is 4.98 Å². The Kier molecular flexibility index (Phi) is 3.79. The first-order chi connectivity index (χ1) is 10.0. The molecule has 1 N–H and O–H groups in total. The van der Waals surface area contributed by atoms with Gasteiger partial charge in [0.1, 0.15) is 0 Å². The van der Waals surface area contributed by atoms with Crippen LogP contribution in [-0.2, 0) is 12.0 Å². The fraction of sp³-hybridized carbons (Fsp3) is 0.167. The number of rotatable bonds is 3. The third kappa shape index (κ3) is 3.14. The first-order valence-electron chi connectivity index (χ1n) is 6.87. The molecule has 106 valence electrons. The first kappa shape index (κ1) is 14.2. The number of aliphatic hydroxyl groups is 1. The van der Waals surface area contributed by atoms with Crippen LogP contribution < -0.4 is 0 Å². The van der Waals surface area contributed by atoms with E-state index in [1.54, 1.807) is 6.20 Å². The Morgan fingerprint density at radius 2 is 1.86 bits per heavy atom. The first-order valence-corrected chi connectivity index (χ1v) is 7.66. The summed E-state index contributed by atoms with van der Waals surface area (Å²) in [4.78, 5) is 4.31. The van der Waals surface area contributed by atoms with Crippen LogP contribution >= 0.6 is 15.9 Å². The summed E-state index contributed by atoms with van der Waals surface area (Å²) in [6.45, 7) is 1.85. The van der Waals surface area contributed by atoms with Crippen LogP contribution in [0.25, 0.3) is 10.9 Å². The molecule has 0 bridgehead atoms. The van der Waals surface area contributed by atoms with Crippen LogP contribution in [0.4, 0.5) is 0 Å². The molecule has 0 aliphatic carbocycles. The maximum Gasteiger partial charge on any atom is 0.0908 e. The van der Waals surface area contributed by atoms with Gasteiger partial charge in [0.2, 0.25) is 0 Å². The summed E-state index contributed by atoms with van der Waals surface area (Å²) < 4.78 is 1.04. The fourth-order valence-electron chi connectivity index (χ4n) is 2.51. The van der Waals surface area contributed by atoms with Crippen LogP contribution in [0.2, 0.25) is 0 Å². The highest BCUT2D eigenvalue weighted by Gasteiger charge is 2.23. The summed E-state index contributed by atoms with van der Waals surface area (Å²) in [7, 11) is 0. The van der Waals surface area contributed by atoms with Gasteiger partial charge in [-0.1, -0.05) is 40.2 Å². The Morgan fingerprint density at radius 3 is 2.62 bits per heavy atom. The van der Waals surface area contributed by atoms with Gasteiger partial charge in [0, 0.05) is 22.5 Å². The summed E-state index contributed by atoms with van der Waals surface area (Å²) in [5, 5.41) is 11.9. The lowest BCUT2D eigenvalue weighted by molar-refractivity contribution is 0.0577. The van der Waals surface area contributed by atoms with Gasteiger partial charge in [-0.05, 0) is 48.4 Å². The molecule has 0 amide bonds. The van der Waals surface area contributed by atoms with Crippen molar-refractivity contribution in [2.75, 3.05) is 0 Å². The maximum absolute atomic E-state index is 10.8. The lowest BCUT2D eigenvalue weighted by Crippen LogP contribution is -2.24. The number of pyridine rings is 1. The molecule has 21 heavy (non-hydrogen) atoms. The molecule has 0 saturated carbocycles. The molecule has 2 nitrogen and oxygen atoms in total. The minimum atomic E-state index is -0.905. The number of hydrogen-bond acceptors (Lipinski definition) is 2. The third-order valence-corrected chi connectivity index (χ3v) is 4.22. The van der Waals surface area contributed by atoms with Gasteiger partial charge in [-0.3, -0.25) is 4.98 Å². The normalized spacial score (nSPS) is 14.0. The SMILES string of the molecule is CC(O)(Cc1ccc(Br)cc1)c1ccc2ncccc2c1. The van der Waals surface area contributed by atoms with Crippen molar-refractivity contribution in [3.8, 4) is 0 Å². The Morgan fingerprint density at radius 1 is 1.10 bits per heavy atom. The number of fused-ring (bicyclic) bond motifs is 1. The zero-order valence-corrected chi connectivity index (χ0v) is 13.3. The summed E-state index contributed by atoms with van der Waals surface area (Å²) in [5.41, 5.74) is 2.05. The number of hydrogen-bond donors (Lipinski definition) is 1. The Labute approximate surface area is 132 Å². The van der Waals surface area contributed by atoms with E-state index in [1.165, 1.54) is 0 Å². The molecule has 0 saturated heterocycles. The van der Waals surface area contributed by atoms with Crippen molar-refractivity contribution < 1.29 is 5.11 Å². The second-order valence-electron chi connectivity index (χ2n) is 5.49. The van der Waals surface area contributed by atoms with Crippen molar-refractivity contribution in [3.05, 3.63) is 76.4 Å². The van der Waals surface area contributed by atoms with E-state index in [9.17, 15) is 5.11 Å². The summed E-state index contributed by atoms with van der Waals surface area (Å²) in [5.74, 6) is 0. The van der Waals surface area contributed by atoms with E-state index in [1.807, 2.05) is 61.5 Å². The topological polar surface area (TPSA) is 33.1 Å². The van der Waals surface area contributed by atoms with E-state index in [4.69, 9.17) is 0 Å². The second kappa shape index (κ2) is 5.58. The zero-order chi connectivity index (χ0) is 14.9. The highest BCUT2D eigenvalue weighted by molar-refractivity contribution is 9.10. The molecule has 0 aliphatic heterocycles. The Hall–Kier alpha value is -1.71. The number of aromatic nitrogens is 1. The monoisotopic (exact) mass is 341 g/mol. The minimum absolute atomic E-state index is 0.575. The van der Waals surface area contributed by atoms with Gasteiger partial charge in [0.15, 0.2) is 0 Å². The quantitative estimate of drug-likeness (QED) is 0.763. The predicted octanol–water partition coefficient (Wildman–Crippen LogP) is 4.45. The van der Waals surface area contributed by atoms with E-state index < -0.39 is 5.60 Å². The van der Waals surface area contributed by atoms with E-state index in [-0.39, 0.29) is 0 Å². The van der Waals surface area contributed by atoms with Gasteiger partial charge in [0.25, 0.3) is 0 Å². The highest BCUT2D eigenvalue weighted by atomic mass is 79.9. The highest BCUT2D eigenvalue weighted by Crippen LogP contribution is 2.28. The molecular weight excluding hydrogens is 326 g/mol. The number of benzene rings is 2. The molecule has 0 radical (unpaired) electrons. The molecule has 1 unspecified atom stereocenters. The maximum atomic E-state index is 10.8. The third-order valence-electron chi connectivity index (χ3n) is 3.69. The zero-order valence-electron chi connectivity index (χ0n) is 11.8. The molecule has 0 fully saturated rings. The van der Waals surface area contributed by atoms with E-state index in [0.717, 1.165) is 26.5 Å². The van der Waals surface area contributed by atoms with Crippen molar-refractivity contribution in [2.45, 2.75) is 18.9 Å². The predicted molar refractivity (Wildman–Crippen MR) is 89.2 cm³/mol. The second-order valence-corrected chi connectivity index (χ2v) is 6.40. The van der Waals surface area contributed by atoms with Gasteiger partial charge < -0.3 is 5.11 Å². The van der Waals surface area contributed by atoms with E-state index in [0.29, 0.717) is 6.42 Å². The van der Waals surface area contributed by atoms with Gasteiger partial charge in [-0.25, -0.2) is 0 Å². The molecule has 1 heterocycles. The van der Waals surface area contributed by atoms with E-state index >= 15 is 0 Å². The summed E-state index contributed by atoms with van der Waals surface area (Å²) in [6.07, 6.45) is 2.36. The molecular formula is C18H16BrNO. The Bertz CT molecular complexity index is 766. The van der Waals surface area contributed by atoms with Crippen molar-refractivity contribution in [1.29, 1.82) is 0 Å². The van der Waals surface area contributed by atoms with E-state index in [2.05, 4.69) is 20.9 Å². The smallest absolute Gasteiger partial charge is 0.0908 e. The van der Waals surface area contributed by atoms with Crippen LogP contribution in [0.3, 0.4) is 0 Å². The minimum Gasteiger partial charge on any atom is -0.385 e. The average molecular weight is 342 g/mol. The number of nitrogens with zero attached hydrogens (tertiary/aromatic N) is 1. The Balaban J connectivity index is 1.93. The largest absolute Gasteiger partial charge is 0.385 e. The number of halogens is 1. The van der Waals surface area contributed by atoms with Crippen molar-refractivity contribution in [2.24, 2.45) is 0 Å².